The number of aromatic nitrogens is 2. The van der Waals surface area contributed by atoms with Gasteiger partial charge in [0.25, 0.3) is 0 Å². The van der Waals surface area contributed by atoms with Crippen molar-refractivity contribution in [3.05, 3.63) is 53.4 Å². The quantitative estimate of drug-likeness (QED) is 0.814. The van der Waals surface area contributed by atoms with E-state index >= 15 is 0 Å². The van der Waals surface area contributed by atoms with Crippen LogP contribution in [0.1, 0.15) is 23.6 Å². The second-order valence-electron chi connectivity index (χ2n) is 5.31. The molecule has 2 heterocycles. The maximum Gasteiger partial charge on any atom is 0.224 e. The van der Waals surface area contributed by atoms with Crippen molar-refractivity contribution in [1.29, 1.82) is 5.26 Å². The van der Waals surface area contributed by atoms with E-state index in [0.717, 1.165) is 6.07 Å². The van der Waals surface area contributed by atoms with Crippen molar-refractivity contribution < 1.29 is 18.0 Å². The van der Waals surface area contributed by atoms with Gasteiger partial charge >= 0.3 is 0 Å². The molecule has 0 aliphatic carbocycles. The monoisotopic (exact) mass is 320 g/mol. The molecule has 1 unspecified atom stereocenters. The summed E-state index contributed by atoms with van der Waals surface area (Å²) in [6.07, 6.45) is 2.78. The van der Waals surface area contributed by atoms with Crippen LogP contribution in [0.25, 0.3) is 0 Å². The second kappa shape index (κ2) is 5.76. The third kappa shape index (κ3) is 2.77. The Labute approximate surface area is 129 Å². The average molecular weight is 320 g/mol. The molecule has 0 bridgehead atoms. The van der Waals surface area contributed by atoms with Crippen LogP contribution in [0.5, 0.6) is 0 Å². The standard InChI is InChI=1S/C15H11F3N4O/c16-12-3-14(18)13(17)2-11(12)9-1-15(23)21(6-9)8-22-7-20-5-10(22)4-19/h2-3,5,7,9H,1,6,8H2. The van der Waals surface area contributed by atoms with E-state index in [1.807, 2.05) is 6.07 Å². The van der Waals surface area contributed by atoms with Gasteiger partial charge in [0.15, 0.2) is 11.6 Å². The number of hydrogen-bond donors (Lipinski definition) is 0. The molecule has 5 nitrogen and oxygen atoms in total. The lowest BCUT2D eigenvalue weighted by Crippen LogP contribution is -2.28. The van der Waals surface area contributed by atoms with Crippen LogP contribution in [0.3, 0.4) is 0 Å². The Morgan fingerprint density at radius 3 is 2.74 bits per heavy atom. The van der Waals surface area contributed by atoms with E-state index in [1.54, 1.807) is 0 Å². The van der Waals surface area contributed by atoms with Crippen molar-refractivity contribution in [3.8, 4) is 6.07 Å². The highest BCUT2D eigenvalue weighted by Crippen LogP contribution is 2.31. The van der Waals surface area contributed by atoms with Gasteiger partial charge < -0.3 is 9.47 Å². The van der Waals surface area contributed by atoms with Crippen molar-refractivity contribution in [2.24, 2.45) is 0 Å². The van der Waals surface area contributed by atoms with Gasteiger partial charge in [0, 0.05) is 24.9 Å². The summed E-state index contributed by atoms with van der Waals surface area (Å²) in [5, 5.41) is 8.93. The fraction of sp³-hybridized carbons (Fsp3) is 0.267. The Balaban J connectivity index is 1.80. The fourth-order valence-corrected chi connectivity index (χ4v) is 2.68. The maximum atomic E-state index is 13.8. The average Bonchev–Trinajstić information content (AvgIpc) is 3.10. The number of halogens is 3. The first kappa shape index (κ1) is 15.1. The first-order chi connectivity index (χ1) is 11.0. The van der Waals surface area contributed by atoms with Crippen LogP contribution in [-0.4, -0.2) is 26.9 Å². The SMILES string of the molecule is N#Cc1cncn1CN1CC(c2cc(F)c(F)cc2F)CC1=O. The summed E-state index contributed by atoms with van der Waals surface area (Å²) in [6, 6.07) is 3.22. The van der Waals surface area contributed by atoms with Crippen LogP contribution in [0, 0.1) is 28.8 Å². The molecule has 0 spiro atoms. The van der Waals surface area contributed by atoms with E-state index < -0.39 is 23.4 Å². The summed E-state index contributed by atoms with van der Waals surface area (Å²) in [7, 11) is 0. The molecule has 0 saturated carbocycles. The molecule has 2 aromatic rings. The lowest BCUT2D eigenvalue weighted by molar-refractivity contribution is -0.129. The molecule has 1 aliphatic rings. The summed E-state index contributed by atoms with van der Waals surface area (Å²) in [5.41, 5.74) is 0.270. The Morgan fingerprint density at radius 1 is 1.26 bits per heavy atom. The zero-order chi connectivity index (χ0) is 16.6. The lowest BCUT2D eigenvalue weighted by Gasteiger charge is -2.18. The maximum absolute atomic E-state index is 13.8. The fourth-order valence-electron chi connectivity index (χ4n) is 2.68. The molecule has 1 aromatic heterocycles. The number of likely N-dealkylation sites (tertiary alicyclic amines) is 1. The van der Waals surface area contributed by atoms with E-state index in [-0.39, 0.29) is 31.1 Å². The van der Waals surface area contributed by atoms with Crippen LogP contribution in [-0.2, 0) is 11.5 Å². The molecule has 1 aliphatic heterocycles. The Kier molecular flexibility index (Phi) is 3.78. The predicted molar refractivity (Wildman–Crippen MR) is 72.3 cm³/mol. The van der Waals surface area contributed by atoms with Gasteiger partial charge in [-0.05, 0) is 11.6 Å². The number of hydrogen-bond acceptors (Lipinski definition) is 3. The zero-order valence-electron chi connectivity index (χ0n) is 11.8. The van der Waals surface area contributed by atoms with Gasteiger partial charge in [-0.25, -0.2) is 18.2 Å². The predicted octanol–water partition coefficient (Wildman–Crippen LogP) is 2.15. The number of nitrogens with zero attached hydrogens (tertiary/aromatic N) is 4. The Hall–Kier alpha value is -2.82. The number of amides is 1. The van der Waals surface area contributed by atoms with Crippen molar-refractivity contribution in [1.82, 2.24) is 14.5 Å². The summed E-state index contributed by atoms with van der Waals surface area (Å²) in [5.74, 6) is -4.09. The van der Waals surface area contributed by atoms with Crippen molar-refractivity contribution >= 4 is 5.91 Å². The van der Waals surface area contributed by atoms with Gasteiger partial charge in [0.2, 0.25) is 5.91 Å². The highest BCUT2D eigenvalue weighted by molar-refractivity contribution is 5.79. The molecule has 8 heteroatoms. The number of carbonyl (C=O) groups is 1. The Bertz CT molecular complexity index is 812. The minimum Gasteiger partial charge on any atom is -0.324 e. The number of rotatable bonds is 3. The van der Waals surface area contributed by atoms with Gasteiger partial charge in [-0.1, -0.05) is 0 Å². The lowest BCUT2D eigenvalue weighted by atomic mass is 9.97. The molecule has 1 saturated heterocycles. The van der Waals surface area contributed by atoms with E-state index in [0.29, 0.717) is 11.8 Å². The first-order valence-electron chi connectivity index (χ1n) is 6.82. The van der Waals surface area contributed by atoms with Gasteiger partial charge in [-0.3, -0.25) is 4.79 Å². The van der Waals surface area contributed by atoms with Crippen LogP contribution in [0.2, 0.25) is 0 Å². The molecule has 1 amide bonds. The summed E-state index contributed by atoms with van der Waals surface area (Å²) in [6.45, 7) is 0.257. The van der Waals surface area contributed by atoms with E-state index in [4.69, 9.17) is 5.26 Å². The first-order valence-corrected chi connectivity index (χ1v) is 6.82. The largest absolute Gasteiger partial charge is 0.324 e. The third-order valence-corrected chi connectivity index (χ3v) is 3.84. The molecule has 1 atom stereocenters. The van der Waals surface area contributed by atoms with Crippen LogP contribution in [0.4, 0.5) is 13.2 Å². The molecule has 3 rings (SSSR count). The molecule has 23 heavy (non-hydrogen) atoms. The van der Waals surface area contributed by atoms with Crippen LogP contribution in [0.15, 0.2) is 24.7 Å². The Morgan fingerprint density at radius 2 is 2.00 bits per heavy atom. The van der Waals surface area contributed by atoms with Crippen molar-refractivity contribution in [2.75, 3.05) is 6.54 Å². The van der Waals surface area contributed by atoms with Gasteiger partial charge in [0.1, 0.15) is 17.6 Å². The van der Waals surface area contributed by atoms with Gasteiger partial charge in [-0.15, -0.1) is 0 Å². The highest BCUT2D eigenvalue weighted by Gasteiger charge is 2.33. The smallest absolute Gasteiger partial charge is 0.224 e. The molecular formula is C15H11F3N4O. The van der Waals surface area contributed by atoms with Crippen molar-refractivity contribution in [3.63, 3.8) is 0 Å². The van der Waals surface area contributed by atoms with Gasteiger partial charge in [-0.2, -0.15) is 5.26 Å². The number of nitriles is 1. The summed E-state index contributed by atoms with van der Waals surface area (Å²) in [4.78, 5) is 17.3. The zero-order valence-corrected chi connectivity index (χ0v) is 11.8. The minimum atomic E-state index is -1.26. The van der Waals surface area contributed by atoms with E-state index in [2.05, 4.69) is 4.98 Å². The molecular weight excluding hydrogens is 309 g/mol. The molecule has 1 fully saturated rings. The highest BCUT2D eigenvalue weighted by atomic mass is 19.2. The van der Waals surface area contributed by atoms with Crippen molar-refractivity contribution in [2.45, 2.75) is 19.0 Å². The van der Waals surface area contributed by atoms with Crippen LogP contribution < -0.4 is 0 Å². The van der Waals surface area contributed by atoms with Crippen LogP contribution >= 0.6 is 0 Å². The summed E-state index contributed by atoms with van der Waals surface area (Å²) >= 11 is 0. The second-order valence-corrected chi connectivity index (χ2v) is 5.31. The molecule has 0 N–H and O–H groups in total. The number of benzene rings is 1. The van der Waals surface area contributed by atoms with E-state index in [1.165, 1.54) is 22.0 Å². The molecule has 0 radical (unpaired) electrons. The molecule has 1 aromatic carbocycles. The van der Waals surface area contributed by atoms with E-state index in [9.17, 15) is 18.0 Å². The normalized spacial score (nSPS) is 17.6. The summed E-state index contributed by atoms with van der Waals surface area (Å²) < 4.78 is 41.6. The molecule has 118 valence electrons. The number of carbonyl (C=O) groups excluding carboxylic acids is 1. The van der Waals surface area contributed by atoms with Gasteiger partial charge in [0.05, 0.1) is 19.2 Å². The topological polar surface area (TPSA) is 61.9 Å². The number of imidazole rings is 1. The minimum absolute atomic E-state index is 0.00141. The third-order valence-electron chi connectivity index (χ3n) is 3.84.